The molecule has 1 aliphatic heterocycles. The molecule has 164 valence electrons. The minimum Gasteiger partial charge on any atom is -0.358 e. The zero-order chi connectivity index (χ0) is 22.3. The van der Waals surface area contributed by atoms with Crippen LogP contribution < -0.4 is 0 Å². The van der Waals surface area contributed by atoms with Crippen LogP contribution in [0.1, 0.15) is 17.3 Å². The first-order chi connectivity index (χ1) is 15.5. The van der Waals surface area contributed by atoms with Crippen molar-refractivity contribution in [1.29, 1.82) is 0 Å². The molecule has 5 rings (SSSR count). The lowest BCUT2D eigenvalue weighted by Crippen LogP contribution is -2.55. The van der Waals surface area contributed by atoms with Gasteiger partial charge in [-0.05, 0) is 31.2 Å². The number of hydrogen-bond donors (Lipinski definition) is 2. The van der Waals surface area contributed by atoms with E-state index >= 15 is 0 Å². The largest absolute Gasteiger partial charge is 0.358 e. The van der Waals surface area contributed by atoms with Crippen LogP contribution in [0.25, 0.3) is 22.3 Å². The standard InChI is InChI=1S/C22H22N6O3S/c1-15-14-27(22(29)16-5-3-2-4-6-16)11-12-28(15)32(30,31)19-13-24-20-17(19)7-9-23-21(20)18-8-10-25-26-18/h2-10,13,15,24H,11-12,14H2,1H3,(H,25,26). The van der Waals surface area contributed by atoms with E-state index in [2.05, 4.69) is 20.2 Å². The number of carbonyl (C=O) groups is 1. The number of piperazine rings is 1. The Balaban J connectivity index is 1.43. The van der Waals surface area contributed by atoms with Crippen LogP contribution in [0.4, 0.5) is 0 Å². The number of nitrogens with zero attached hydrogens (tertiary/aromatic N) is 4. The van der Waals surface area contributed by atoms with E-state index in [9.17, 15) is 13.2 Å². The molecule has 3 aromatic heterocycles. The Hall–Kier alpha value is -3.50. The number of benzene rings is 1. The Kier molecular flexibility index (Phi) is 5.03. The van der Waals surface area contributed by atoms with Crippen LogP contribution in [0.5, 0.6) is 0 Å². The molecule has 0 bridgehead atoms. The van der Waals surface area contributed by atoms with Gasteiger partial charge in [0.15, 0.2) is 0 Å². The van der Waals surface area contributed by atoms with Crippen molar-refractivity contribution in [2.45, 2.75) is 17.9 Å². The van der Waals surface area contributed by atoms with Gasteiger partial charge < -0.3 is 9.88 Å². The molecule has 0 spiro atoms. The van der Waals surface area contributed by atoms with Gasteiger partial charge >= 0.3 is 0 Å². The van der Waals surface area contributed by atoms with E-state index in [1.165, 1.54) is 10.5 Å². The van der Waals surface area contributed by atoms with Gasteiger partial charge in [0.25, 0.3) is 5.91 Å². The SMILES string of the molecule is CC1CN(C(=O)c2ccccc2)CCN1S(=O)(=O)c1c[nH]c2c(-c3ccn[nH]3)nccc12. The van der Waals surface area contributed by atoms with Crippen molar-refractivity contribution in [1.82, 2.24) is 29.4 Å². The van der Waals surface area contributed by atoms with Gasteiger partial charge in [-0.3, -0.25) is 14.9 Å². The number of aromatic amines is 2. The number of nitrogens with one attached hydrogen (secondary N) is 2. The van der Waals surface area contributed by atoms with Crippen molar-refractivity contribution in [2.24, 2.45) is 0 Å². The predicted molar refractivity (Wildman–Crippen MR) is 119 cm³/mol. The highest BCUT2D eigenvalue weighted by molar-refractivity contribution is 7.89. The van der Waals surface area contributed by atoms with Gasteiger partial charge in [-0.25, -0.2) is 8.42 Å². The summed E-state index contributed by atoms with van der Waals surface area (Å²) < 4.78 is 28.6. The van der Waals surface area contributed by atoms with Crippen LogP contribution in [-0.4, -0.2) is 69.4 Å². The summed E-state index contributed by atoms with van der Waals surface area (Å²) >= 11 is 0. The molecule has 9 nitrogen and oxygen atoms in total. The third-order valence-electron chi connectivity index (χ3n) is 5.78. The topological polar surface area (TPSA) is 115 Å². The summed E-state index contributed by atoms with van der Waals surface area (Å²) in [5.41, 5.74) is 2.53. The van der Waals surface area contributed by atoms with Gasteiger partial charge in [-0.1, -0.05) is 18.2 Å². The Morgan fingerprint density at radius 3 is 2.62 bits per heavy atom. The summed E-state index contributed by atoms with van der Waals surface area (Å²) in [6, 6.07) is 12.2. The number of aromatic nitrogens is 4. The molecule has 4 heterocycles. The Morgan fingerprint density at radius 2 is 1.91 bits per heavy atom. The normalized spacial score (nSPS) is 17.7. The molecule has 1 aromatic carbocycles. The van der Waals surface area contributed by atoms with E-state index in [4.69, 9.17) is 0 Å². The van der Waals surface area contributed by atoms with Crippen molar-refractivity contribution in [3.63, 3.8) is 0 Å². The lowest BCUT2D eigenvalue weighted by molar-refractivity contribution is 0.0642. The summed E-state index contributed by atoms with van der Waals surface area (Å²) in [4.78, 5) is 22.2. The average molecular weight is 451 g/mol. The quantitative estimate of drug-likeness (QED) is 0.496. The third-order valence-corrected chi connectivity index (χ3v) is 7.83. The van der Waals surface area contributed by atoms with Crippen molar-refractivity contribution < 1.29 is 13.2 Å². The summed E-state index contributed by atoms with van der Waals surface area (Å²) in [7, 11) is -3.78. The molecule has 0 radical (unpaired) electrons. The second kappa shape index (κ2) is 7.88. The maximum atomic E-state index is 13.6. The van der Waals surface area contributed by atoms with Gasteiger partial charge in [-0.15, -0.1) is 0 Å². The molecule has 10 heteroatoms. The summed E-state index contributed by atoms with van der Waals surface area (Å²) in [5.74, 6) is -0.0862. The second-order valence-corrected chi connectivity index (χ2v) is 9.65. The number of fused-ring (bicyclic) bond motifs is 1. The van der Waals surface area contributed by atoms with E-state index in [0.29, 0.717) is 40.9 Å². The van der Waals surface area contributed by atoms with Crippen LogP contribution in [0.2, 0.25) is 0 Å². The molecule has 1 aliphatic rings. The second-order valence-electron chi connectivity index (χ2n) is 7.79. The number of hydrogen-bond acceptors (Lipinski definition) is 5. The van der Waals surface area contributed by atoms with Gasteiger partial charge in [0.1, 0.15) is 10.6 Å². The molecule has 1 amide bonds. The fourth-order valence-corrected chi connectivity index (χ4v) is 5.98. The van der Waals surface area contributed by atoms with Crippen LogP contribution in [0.15, 0.2) is 66.0 Å². The van der Waals surface area contributed by atoms with Crippen LogP contribution in [-0.2, 0) is 10.0 Å². The molecule has 2 N–H and O–H groups in total. The zero-order valence-corrected chi connectivity index (χ0v) is 18.2. The smallest absolute Gasteiger partial charge is 0.253 e. The Labute approximate surface area is 185 Å². The monoisotopic (exact) mass is 450 g/mol. The summed E-state index contributed by atoms with van der Waals surface area (Å²) in [6.07, 6.45) is 4.72. The molecule has 1 atom stereocenters. The average Bonchev–Trinajstić information content (AvgIpc) is 3.49. The number of sulfonamides is 1. The molecule has 4 aromatic rings. The highest BCUT2D eigenvalue weighted by Gasteiger charge is 2.36. The lowest BCUT2D eigenvalue weighted by atomic mass is 10.1. The highest BCUT2D eigenvalue weighted by atomic mass is 32.2. The van der Waals surface area contributed by atoms with Gasteiger partial charge in [0.05, 0.1) is 11.2 Å². The molecular formula is C22H22N6O3S. The van der Waals surface area contributed by atoms with Crippen molar-refractivity contribution in [2.75, 3.05) is 19.6 Å². The number of H-pyrrole nitrogens is 2. The molecule has 0 aliphatic carbocycles. The zero-order valence-electron chi connectivity index (χ0n) is 17.4. The fourth-order valence-electron chi connectivity index (χ4n) is 4.21. The number of rotatable bonds is 4. The van der Waals surface area contributed by atoms with E-state index in [-0.39, 0.29) is 23.4 Å². The fraction of sp³-hybridized carbons (Fsp3) is 0.227. The maximum absolute atomic E-state index is 13.6. The Morgan fingerprint density at radius 1 is 1.09 bits per heavy atom. The van der Waals surface area contributed by atoms with Crippen LogP contribution >= 0.6 is 0 Å². The molecule has 0 saturated carbocycles. The van der Waals surface area contributed by atoms with Crippen LogP contribution in [0, 0.1) is 0 Å². The van der Waals surface area contributed by atoms with E-state index in [0.717, 1.165) is 0 Å². The molecular weight excluding hydrogens is 428 g/mol. The summed E-state index contributed by atoms with van der Waals surface area (Å²) in [5, 5.41) is 7.38. The minimum absolute atomic E-state index is 0.0862. The predicted octanol–water partition coefficient (Wildman–Crippen LogP) is 2.49. The first-order valence-corrected chi connectivity index (χ1v) is 11.7. The van der Waals surface area contributed by atoms with Gasteiger partial charge in [0, 0.05) is 55.2 Å². The summed E-state index contributed by atoms with van der Waals surface area (Å²) in [6.45, 7) is 2.72. The van der Waals surface area contributed by atoms with Gasteiger partial charge in [0.2, 0.25) is 10.0 Å². The minimum atomic E-state index is -3.78. The highest BCUT2D eigenvalue weighted by Crippen LogP contribution is 2.32. The molecule has 1 fully saturated rings. The van der Waals surface area contributed by atoms with Crippen LogP contribution in [0.3, 0.4) is 0 Å². The molecule has 1 unspecified atom stereocenters. The van der Waals surface area contributed by atoms with Crippen molar-refractivity contribution in [3.8, 4) is 11.4 Å². The third kappa shape index (κ3) is 3.37. The van der Waals surface area contributed by atoms with Crippen molar-refractivity contribution >= 4 is 26.8 Å². The van der Waals surface area contributed by atoms with E-state index in [1.54, 1.807) is 41.6 Å². The first-order valence-electron chi connectivity index (χ1n) is 10.3. The van der Waals surface area contributed by atoms with Gasteiger partial charge in [-0.2, -0.15) is 9.40 Å². The maximum Gasteiger partial charge on any atom is 0.253 e. The van der Waals surface area contributed by atoms with Crippen molar-refractivity contribution in [3.05, 3.63) is 66.6 Å². The Bertz CT molecular complexity index is 1370. The first kappa shape index (κ1) is 20.4. The molecule has 1 saturated heterocycles. The number of amides is 1. The lowest BCUT2D eigenvalue weighted by Gasteiger charge is -2.38. The number of carbonyl (C=O) groups excluding carboxylic acids is 1. The molecule has 32 heavy (non-hydrogen) atoms. The van der Waals surface area contributed by atoms with E-state index < -0.39 is 10.0 Å². The van der Waals surface area contributed by atoms with E-state index in [1.807, 2.05) is 25.1 Å². The number of pyridine rings is 1.